The first-order valence-corrected chi connectivity index (χ1v) is 14.8. The van der Waals surface area contributed by atoms with Crippen LogP contribution in [0.4, 0.5) is 16.2 Å². The summed E-state index contributed by atoms with van der Waals surface area (Å²) in [5, 5.41) is 15.4. The number of para-hydroxylation sites is 2. The molecule has 3 aromatic rings. The van der Waals surface area contributed by atoms with Gasteiger partial charge in [0, 0.05) is 25.2 Å². The molecule has 3 atom stereocenters. The van der Waals surface area contributed by atoms with Crippen molar-refractivity contribution in [1.29, 1.82) is 0 Å². The maximum absolute atomic E-state index is 13.7. The lowest BCUT2D eigenvalue weighted by Crippen LogP contribution is -2.50. The molecule has 0 spiro atoms. The van der Waals surface area contributed by atoms with Crippen molar-refractivity contribution in [3.05, 3.63) is 83.9 Å². The number of nitrogens with zero attached hydrogens (tertiary/aromatic N) is 2. The van der Waals surface area contributed by atoms with Crippen LogP contribution >= 0.6 is 0 Å². The van der Waals surface area contributed by atoms with Crippen molar-refractivity contribution in [3.63, 3.8) is 0 Å². The van der Waals surface area contributed by atoms with Gasteiger partial charge in [0.1, 0.15) is 6.10 Å². The Balaban J connectivity index is 1.68. The number of sulfonamides is 1. The molecule has 4 rings (SSSR count). The molecule has 3 amide bonds. The monoisotopic (exact) mass is 580 g/mol. The summed E-state index contributed by atoms with van der Waals surface area (Å²) in [5.74, 6) is -0.559. The Bertz CT molecular complexity index is 1480. The van der Waals surface area contributed by atoms with Crippen LogP contribution in [0.1, 0.15) is 29.8 Å². The van der Waals surface area contributed by atoms with Crippen LogP contribution in [0.2, 0.25) is 0 Å². The van der Waals surface area contributed by atoms with E-state index in [1.54, 1.807) is 78.6 Å². The molecule has 10 nitrogen and oxygen atoms in total. The van der Waals surface area contributed by atoms with Gasteiger partial charge in [-0.3, -0.25) is 4.79 Å². The van der Waals surface area contributed by atoms with Gasteiger partial charge in [-0.25, -0.2) is 13.2 Å². The largest absolute Gasteiger partial charge is 0.486 e. The van der Waals surface area contributed by atoms with Crippen molar-refractivity contribution in [3.8, 4) is 5.75 Å². The Morgan fingerprint density at radius 2 is 1.76 bits per heavy atom. The number of aliphatic hydroxyl groups excluding tert-OH is 1. The molecule has 0 saturated carbocycles. The topological polar surface area (TPSA) is 128 Å². The van der Waals surface area contributed by atoms with Crippen molar-refractivity contribution in [1.82, 2.24) is 9.21 Å². The van der Waals surface area contributed by atoms with E-state index in [1.807, 2.05) is 19.9 Å². The molecule has 3 aromatic carbocycles. The Labute approximate surface area is 241 Å². The molecule has 0 bridgehead atoms. The second kappa shape index (κ2) is 12.7. The molecule has 41 heavy (non-hydrogen) atoms. The van der Waals surface area contributed by atoms with Gasteiger partial charge in [-0.1, -0.05) is 48.9 Å². The van der Waals surface area contributed by atoms with Crippen LogP contribution < -0.4 is 15.4 Å². The predicted octanol–water partition coefficient (Wildman–Crippen LogP) is 4.18. The first-order chi connectivity index (χ1) is 19.5. The predicted molar refractivity (Wildman–Crippen MR) is 158 cm³/mol. The van der Waals surface area contributed by atoms with Crippen LogP contribution in [0.5, 0.6) is 5.75 Å². The summed E-state index contributed by atoms with van der Waals surface area (Å²) in [5.41, 5.74) is 1.98. The van der Waals surface area contributed by atoms with Crippen molar-refractivity contribution in [2.75, 3.05) is 37.4 Å². The molecular formula is C30H36N4O6S. The van der Waals surface area contributed by atoms with Crippen molar-refractivity contribution in [2.45, 2.75) is 37.8 Å². The summed E-state index contributed by atoms with van der Waals surface area (Å²) >= 11 is 0. The van der Waals surface area contributed by atoms with Crippen molar-refractivity contribution in [2.24, 2.45) is 5.92 Å². The third kappa shape index (κ3) is 6.87. The highest BCUT2D eigenvalue weighted by Crippen LogP contribution is 2.35. The molecule has 11 heteroatoms. The fraction of sp³-hybridized carbons (Fsp3) is 0.333. The van der Waals surface area contributed by atoms with E-state index in [-0.39, 0.29) is 53.4 Å². The van der Waals surface area contributed by atoms with Crippen LogP contribution in [0, 0.1) is 12.8 Å². The van der Waals surface area contributed by atoms with Gasteiger partial charge in [-0.2, -0.15) is 4.31 Å². The zero-order chi connectivity index (χ0) is 29.7. The highest BCUT2D eigenvalue weighted by Gasteiger charge is 2.36. The molecule has 1 heterocycles. The van der Waals surface area contributed by atoms with Crippen molar-refractivity contribution >= 4 is 33.3 Å². The fourth-order valence-electron chi connectivity index (χ4n) is 4.61. The third-order valence-electron chi connectivity index (χ3n) is 7.14. The first-order valence-electron chi connectivity index (χ1n) is 13.4. The lowest BCUT2D eigenvalue weighted by Gasteiger charge is -2.38. The summed E-state index contributed by atoms with van der Waals surface area (Å²) in [7, 11) is -2.35. The normalized spacial score (nSPS) is 18.1. The first kappa shape index (κ1) is 30.0. The minimum absolute atomic E-state index is 0.0170. The number of urea groups is 1. The maximum atomic E-state index is 13.7. The van der Waals surface area contributed by atoms with Gasteiger partial charge in [0.2, 0.25) is 10.0 Å². The number of carbonyl (C=O) groups excluding carboxylic acids is 2. The zero-order valence-corrected chi connectivity index (χ0v) is 24.4. The number of amides is 3. The smallest absolute Gasteiger partial charge is 0.323 e. The number of carbonyl (C=O) groups is 2. The fourth-order valence-corrected chi connectivity index (χ4v) is 5.79. The molecule has 0 saturated heterocycles. The van der Waals surface area contributed by atoms with Crippen LogP contribution in [0.15, 0.2) is 77.7 Å². The molecule has 0 unspecified atom stereocenters. The second-order valence-electron chi connectivity index (χ2n) is 10.3. The molecule has 0 fully saturated rings. The number of benzene rings is 3. The number of rotatable bonds is 8. The Kier molecular flexibility index (Phi) is 9.31. The molecular weight excluding hydrogens is 544 g/mol. The Hall–Kier alpha value is -3.93. The van der Waals surface area contributed by atoms with E-state index in [0.717, 1.165) is 5.56 Å². The Morgan fingerprint density at radius 1 is 1.07 bits per heavy atom. The van der Waals surface area contributed by atoms with E-state index in [4.69, 9.17) is 4.74 Å². The second-order valence-corrected chi connectivity index (χ2v) is 12.4. The number of anilines is 2. The molecule has 0 radical (unpaired) electrons. The number of nitrogens with one attached hydrogen (secondary N) is 2. The van der Waals surface area contributed by atoms with E-state index >= 15 is 0 Å². The molecule has 0 aromatic heterocycles. The molecule has 1 aliphatic rings. The van der Waals surface area contributed by atoms with Crippen molar-refractivity contribution < 1.29 is 27.9 Å². The molecule has 218 valence electrons. The number of fused-ring (bicyclic) bond motifs is 1. The van der Waals surface area contributed by atoms with Gasteiger partial charge >= 0.3 is 6.03 Å². The van der Waals surface area contributed by atoms with E-state index in [9.17, 15) is 23.1 Å². The van der Waals surface area contributed by atoms with E-state index in [0.29, 0.717) is 5.69 Å². The number of likely N-dealkylation sites (N-methyl/N-ethyl adjacent to an activating group) is 1. The number of aryl methyl sites for hydroxylation is 1. The van der Waals surface area contributed by atoms with E-state index < -0.39 is 28.2 Å². The summed E-state index contributed by atoms with van der Waals surface area (Å²) in [4.78, 5) is 28.2. The average molecular weight is 581 g/mol. The summed E-state index contributed by atoms with van der Waals surface area (Å²) in [6.45, 7) is 5.45. The zero-order valence-electron chi connectivity index (χ0n) is 23.6. The summed E-state index contributed by atoms with van der Waals surface area (Å²) in [6.07, 6.45) is -0.694. The van der Waals surface area contributed by atoms with Crippen LogP contribution in [0.3, 0.4) is 0 Å². The van der Waals surface area contributed by atoms with Gasteiger partial charge in [0.25, 0.3) is 5.91 Å². The van der Waals surface area contributed by atoms with Crippen LogP contribution in [0.25, 0.3) is 0 Å². The quantitative estimate of drug-likeness (QED) is 0.367. The minimum atomic E-state index is -3.83. The van der Waals surface area contributed by atoms with Crippen LogP contribution in [-0.2, 0) is 10.0 Å². The number of ether oxygens (including phenoxy) is 1. The van der Waals surface area contributed by atoms with Gasteiger partial charge in [0.05, 0.1) is 35.3 Å². The van der Waals surface area contributed by atoms with Gasteiger partial charge in [-0.15, -0.1) is 0 Å². The van der Waals surface area contributed by atoms with E-state index in [1.165, 1.54) is 11.4 Å². The summed E-state index contributed by atoms with van der Waals surface area (Å²) in [6, 6.07) is 19.3. The van der Waals surface area contributed by atoms with Crippen LogP contribution in [-0.4, -0.2) is 73.6 Å². The third-order valence-corrected chi connectivity index (χ3v) is 8.97. The molecule has 0 aliphatic carbocycles. The van der Waals surface area contributed by atoms with E-state index in [2.05, 4.69) is 10.6 Å². The highest BCUT2D eigenvalue weighted by atomic mass is 32.2. The maximum Gasteiger partial charge on any atom is 0.323 e. The lowest BCUT2D eigenvalue weighted by molar-refractivity contribution is 0.0389. The van der Waals surface area contributed by atoms with Gasteiger partial charge in [0.15, 0.2) is 5.75 Å². The van der Waals surface area contributed by atoms with Gasteiger partial charge < -0.3 is 25.4 Å². The molecule has 3 N–H and O–H groups in total. The number of aliphatic hydroxyl groups is 1. The standard InChI is InChI=1S/C30H36N4O6S/c1-20-13-15-24(16-14-20)41(38,39)33(4)18-27-21(2)17-34(22(3)19-35)29(36)25-11-8-12-26(28(25)40-27)32-30(37)31-23-9-6-5-7-10-23/h5-16,21-22,27,35H,17-19H2,1-4H3,(H2,31,32,37)/t21-,22+,27-/m0/s1. The number of hydrogen-bond donors (Lipinski definition) is 3. The SMILES string of the molecule is Cc1ccc(S(=O)(=O)N(C)C[C@@H]2Oc3c(NC(=O)Nc4ccccc4)cccc3C(=O)N([C@H](C)CO)C[C@@H]2C)cc1. The summed E-state index contributed by atoms with van der Waals surface area (Å²) < 4.78 is 34.4. The minimum Gasteiger partial charge on any atom is -0.486 e. The highest BCUT2D eigenvalue weighted by molar-refractivity contribution is 7.89. The Morgan fingerprint density at radius 3 is 2.41 bits per heavy atom. The van der Waals surface area contributed by atoms with Gasteiger partial charge in [-0.05, 0) is 50.2 Å². The average Bonchev–Trinajstić information content (AvgIpc) is 2.95. The lowest BCUT2D eigenvalue weighted by atomic mass is 9.99. The molecule has 1 aliphatic heterocycles. The number of hydrogen-bond acceptors (Lipinski definition) is 6.